The van der Waals surface area contributed by atoms with E-state index in [2.05, 4.69) is 15.3 Å². The van der Waals surface area contributed by atoms with Crippen LogP contribution in [0.4, 0.5) is 5.82 Å². The van der Waals surface area contributed by atoms with Gasteiger partial charge in [-0.2, -0.15) is 0 Å². The number of amides is 1. The Morgan fingerprint density at radius 2 is 2.32 bits per heavy atom. The average Bonchev–Trinajstić information content (AvgIpc) is 3.08. The minimum Gasteiger partial charge on any atom is -0.307 e. The Hall–Kier alpha value is -2.01. The van der Waals surface area contributed by atoms with Gasteiger partial charge in [0.1, 0.15) is 12.1 Å². The molecule has 1 N–H and O–H groups in total. The van der Waals surface area contributed by atoms with Gasteiger partial charge in [0.2, 0.25) is 5.91 Å². The van der Waals surface area contributed by atoms with E-state index in [1.165, 1.54) is 12.4 Å². The molecule has 0 unspecified atom stereocenters. The lowest BCUT2D eigenvalue weighted by molar-refractivity contribution is -0.111. The Morgan fingerprint density at radius 3 is 3.16 bits per heavy atom. The Morgan fingerprint density at radius 1 is 1.37 bits per heavy atom. The highest BCUT2D eigenvalue weighted by molar-refractivity contribution is 7.10. The van der Waals surface area contributed by atoms with Crippen LogP contribution in [0.5, 0.6) is 0 Å². The van der Waals surface area contributed by atoms with Gasteiger partial charge in [-0.15, -0.1) is 11.3 Å². The first-order chi connectivity index (χ1) is 9.33. The van der Waals surface area contributed by atoms with Crippen molar-refractivity contribution in [1.82, 2.24) is 9.97 Å². The van der Waals surface area contributed by atoms with Crippen molar-refractivity contribution >= 4 is 29.1 Å². The molecule has 0 saturated heterocycles. The molecule has 2 heterocycles. The van der Waals surface area contributed by atoms with Crippen molar-refractivity contribution in [3.8, 4) is 0 Å². The van der Waals surface area contributed by atoms with Crippen LogP contribution in [-0.2, 0) is 17.6 Å². The zero-order valence-electron chi connectivity index (χ0n) is 10.3. The van der Waals surface area contributed by atoms with Crippen LogP contribution in [0.1, 0.15) is 22.6 Å². The van der Waals surface area contributed by atoms with Crippen molar-refractivity contribution in [2.75, 3.05) is 5.32 Å². The number of thiophene rings is 1. The summed E-state index contributed by atoms with van der Waals surface area (Å²) in [5.74, 6) is 0.504. The highest BCUT2D eigenvalue weighted by atomic mass is 32.1. The summed E-state index contributed by atoms with van der Waals surface area (Å²) in [4.78, 5) is 21.3. The maximum atomic E-state index is 11.9. The number of nitrogens with zero attached hydrogens (tertiary/aromatic N) is 2. The van der Waals surface area contributed by atoms with Crippen molar-refractivity contribution in [2.45, 2.75) is 19.3 Å². The van der Waals surface area contributed by atoms with E-state index >= 15 is 0 Å². The summed E-state index contributed by atoms with van der Waals surface area (Å²) >= 11 is 1.60. The number of aryl methyl sites for hydroxylation is 1. The van der Waals surface area contributed by atoms with Gasteiger partial charge in [0.25, 0.3) is 0 Å². The van der Waals surface area contributed by atoms with E-state index in [1.54, 1.807) is 17.4 Å². The van der Waals surface area contributed by atoms with E-state index in [1.807, 2.05) is 17.5 Å². The lowest BCUT2D eigenvalue weighted by Gasteiger charge is -2.06. The van der Waals surface area contributed by atoms with Crippen LogP contribution < -0.4 is 5.32 Å². The molecule has 0 fully saturated rings. The zero-order valence-corrected chi connectivity index (χ0v) is 11.1. The number of hydrogen-bond donors (Lipinski definition) is 1. The van der Waals surface area contributed by atoms with E-state index in [4.69, 9.17) is 0 Å². The maximum absolute atomic E-state index is 11.9. The van der Waals surface area contributed by atoms with E-state index < -0.39 is 0 Å². The average molecular weight is 271 g/mol. The Balaban J connectivity index is 1.72. The fraction of sp³-hybridized carbons (Fsp3) is 0.214. The van der Waals surface area contributed by atoms with E-state index in [-0.39, 0.29) is 5.91 Å². The summed E-state index contributed by atoms with van der Waals surface area (Å²) in [6.45, 7) is 0. The van der Waals surface area contributed by atoms with Crippen LogP contribution in [0, 0.1) is 0 Å². The van der Waals surface area contributed by atoms with Gasteiger partial charge >= 0.3 is 0 Å². The van der Waals surface area contributed by atoms with Crippen LogP contribution >= 0.6 is 11.3 Å². The van der Waals surface area contributed by atoms with E-state index in [0.29, 0.717) is 5.82 Å². The number of fused-ring (bicyclic) bond motifs is 1. The Labute approximate surface area is 115 Å². The molecule has 0 atom stereocenters. The minimum atomic E-state index is -0.152. The van der Waals surface area contributed by atoms with Gasteiger partial charge < -0.3 is 5.32 Å². The largest absolute Gasteiger partial charge is 0.307 e. The molecule has 2 aromatic rings. The Kier molecular flexibility index (Phi) is 3.37. The van der Waals surface area contributed by atoms with Crippen LogP contribution in [0.25, 0.3) is 6.08 Å². The highest BCUT2D eigenvalue weighted by Crippen LogP contribution is 2.24. The third kappa shape index (κ3) is 2.71. The molecule has 0 radical (unpaired) electrons. The molecule has 0 bridgehead atoms. The molecule has 0 spiro atoms. The van der Waals surface area contributed by atoms with Crippen LogP contribution in [-0.4, -0.2) is 15.9 Å². The molecular formula is C14H13N3OS. The van der Waals surface area contributed by atoms with Crippen molar-refractivity contribution in [3.63, 3.8) is 0 Å². The van der Waals surface area contributed by atoms with Gasteiger partial charge in [-0.3, -0.25) is 4.79 Å². The summed E-state index contributed by atoms with van der Waals surface area (Å²) in [5, 5.41) is 4.81. The number of hydrogen-bond acceptors (Lipinski definition) is 4. The second-order valence-corrected chi connectivity index (χ2v) is 5.32. The highest BCUT2D eigenvalue weighted by Gasteiger charge is 2.17. The first kappa shape index (κ1) is 12.0. The van der Waals surface area contributed by atoms with Crippen molar-refractivity contribution in [2.24, 2.45) is 0 Å². The number of anilines is 1. The zero-order chi connectivity index (χ0) is 13.1. The quantitative estimate of drug-likeness (QED) is 0.873. The third-order valence-corrected chi connectivity index (χ3v) is 3.90. The van der Waals surface area contributed by atoms with E-state index in [9.17, 15) is 4.79 Å². The third-order valence-electron chi connectivity index (χ3n) is 3.06. The molecule has 96 valence electrons. The standard InChI is InChI=1S/C14H13N3OS/c18-13(7-6-10-3-2-8-19-10)17-14-11-4-1-5-12(11)15-9-16-14/h2-3,6-9H,1,4-5H2,(H,15,16,17,18). The van der Waals surface area contributed by atoms with Crippen LogP contribution in [0.2, 0.25) is 0 Å². The molecule has 0 aliphatic heterocycles. The smallest absolute Gasteiger partial charge is 0.249 e. The van der Waals surface area contributed by atoms with Gasteiger partial charge in [-0.1, -0.05) is 6.07 Å². The molecule has 19 heavy (non-hydrogen) atoms. The summed E-state index contributed by atoms with van der Waals surface area (Å²) in [6, 6.07) is 3.93. The topological polar surface area (TPSA) is 54.9 Å². The summed E-state index contributed by atoms with van der Waals surface area (Å²) < 4.78 is 0. The molecule has 0 aromatic carbocycles. The van der Waals surface area contributed by atoms with Crippen LogP contribution in [0.15, 0.2) is 29.9 Å². The number of aromatic nitrogens is 2. The molecule has 3 rings (SSSR count). The second-order valence-electron chi connectivity index (χ2n) is 4.34. The molecular weight excluding hydrogens is 258 g/mol. The van der Waals surface area contributed by atoms with Crippen molar-refractivity contribution < 1.29 is 4.79 Å². The summed E-state index contributed by atoms with van der Waals surface area (Å²) in [5.41, 5.74) is 2.15. The molecule has 4 nitrogen and oxygen atoms in total. The minimum absolute atomic E-state index is 0.152. The first-order valence-electron chi connectivity index (χ1n) is 6.18. The molecule has 0 saturated carbocycles. The molecule has 1 aliphatic rings. The van der Waals surface area contributed by atoms with Gasteiger partial charge in [0.05, 0.1) is 0 Å². The SMILES string of the molecule is O=C(C=Cc1cccs1)Nc1ncnc2c1CCC2. The number of nitrogens with one attached hydrogen (secondary N) is 1. The lowest BCUT2D eigenvalue weighted by atomic mass is 10.2. The summed E-state index contributed by atoms with van der Waals surface area (Å²) in [6.07, 6.45) is 7.87. The molecule has 2 aromatic heterocycles. The number of carbonyl (C=O) groups excluding carboxylic acids is 1. The van der Waals surface area contributed by atoms with Gasteiger partial charge in [-0.25, -0.2) is 9.97 Å². The van der Waals surface area contributed by atoms with Gasteiger partial charge in [0, 0.05) is 22.2 Å². The lowest BCUT2D eigenvalue weighted by Crippen LogP contribution is -2.11. The first-order valence-corrected chi connectivity index (χ1v) is 7.06. The number of rotatable bonds is 3. The van der Waals surface area contributed by atoms with Gasteiger partial charge in [-0.05, 0) is 36.8 Å². The second kappa shape index (κ2) is 5.32. The van der Waals surface area contributed by atoms with E-state index in [0.717, 1.165) is 35.4 Å². The molecule has 1 amide bonds. The predicted octanol–water partition coefficient (Wildman–Crippen LogP) is 2.68. The van der Waals surface area contributed by atoms with Crippen molar-refractivity contribution in [1.29, 1.82) is 0 Å². The van der Waals surface area contributed by atoms with Gasteiger partial charge in [0.15, 0.2) is 0 Å². The normalized spacial score (nSPS) is 13.7. The monoisotopic (exact) mass is 271 g/mol. The van der Waals surface area contributed by atoms with Crippen molar-refractivity contribution in [3.05, 3.63) is 46.1 Å². The number of carbonyl (C=O) groups is 1. The van der Waals surface area contributed by atoms with Crippen LogP contribution in [0.3, 0.4) is 0 Å². The fourth-order valence-corrected chi connectivity index (χ4v) is 2.79. The Bertz CT molecular complexity index is 620. The summed E-state index contributed by atoms with van der Waals surface area (Å²) in [7, 11) is 0. The maximum Gasteiger partial charge on any atom is 0.249 e. The predicted molar refractivity (Wildman–Crippen MR) is 76.0 cm³/mol. The molecule has 5 heteroatoms. The fourth-order valence-electron chi connectivity index (χ4n) is 2.17. The molecule has 1 aliphatic carbocycles.